The fraction of sp³-hybridized carbons (Fsp3) is 0. The number of hydrogen-bond donors (Lipinski definition) is 3. The zero-order valence-electron chi connectivity index (χ0n) is 7.98. The lowest BCUT2D eigenvalue weighted by atomic mass is 9.93. The van der Waals surface area contributed by atoms with Gasteiger partial charge in [-0.3, -0.25) is 10.2 Å². The monoisotopic (exact) mass is 251 g/mol. The van der Waals surface area contributed by atoms with Gasteiger partial charge in [0, 0.05) is 28.2 Å². The van der Waals surface area contributed by atoms with Crippen molar-refractivity contribution in [1.82, 2.24) is 0 Å². The molecular weight excluding hydrogens is 244 g/mol. The smallest absolute Gasteiger partial charge is 0.213 e. The highest BCUT2D eigenvalue weighted by atomic mass is 32.2. The number of benzene rings is 1. The number of carbonyl (C=O) groups excluding carboxylic acids is 1. The van der Waals surface area contributed by atoms with E-state index in [-0.39, 0.29) is 17.0 Å². The molecule has 0 unspecified atom stereocenters. The Morgan fingerprint density at radius 3 is 2.75 bits per heavy atom. The molecule has 6 heteroatoms. The maximum atomic E-state index is 11.8. The van der Waals surface area contributed by atoms with Gasteiger partial charge in [0.2, 0.25) is 5.78 Å². The number of Topliss-reactive ketones (excluding diaryl/α,β-unsaturated/α-hetero) is 1. The molecule has 0 saturated carbocycles. The van der Waals surface area contributed by atoms with Gasteiger partial charge in [0.25, 0.3) is 0 Å². The second-order valence-corrected chi connectivity index (χ2v) is 4.30. The normalized spacial score (nSPS) is 14.1. The Morgan fingerprint density at radius 2 is 2.12 bits per heavy atom. The van der Waals surface area contributed by atoms with E-state index in [4.69, 9.17) is 28.3 Å². The fourth-order valence-corrected chi connectivity index (χ4v) is 2.26. The second-order valence-electron chi connectivity index (χ2n) is 3.24. The maximum Gasteiger partial charge on any atom is 0.213 e. The second kappa shape index (κ2) is 3.89. The molecule has 16 heavy (non-hydrogen) atoms. The Morgan fingerprint density at radius 1 is 1.44 bits per heavy atom. The van der Waals surface area contributed by atoms with Gasteiger partial charge in [-0.1, -0.05) is 12.1 Å². The third-order valence-corrected chi connectivity index (χ3v) is 3.19. The van der Waals surface area contributed by atoms with Crippen molar-refractivity contribution in [3.8, 4) is 0 Å². The van der Waals surface area contributed by atoms with Crippen LogP contribution in [0.25, 0.3) is 6.08 Å². The van der Waals surface area contributed by atoms with Gasteiger partial charge in [-0.15, -0.1) is 0 Å². The summed E-state index contributed by atoms with van der Waals surface area (Å²) in [5.41, 5.74) is 6.54. The number of nitrogens with one attached hydrogen (secondary N) is 1. The number of rotatable bonds is 1. The zero-order chi connectivity index (χ0) is 11.9. The van der Waals surface area contributed by atoms with Gasteiger partial charge in [-0.25, -0.2) is 0 Å². The maximum absolute atomic E-state index is 11.8. The van der Waals surface area contributed by atoms with Crippen molar-refractivity contribution >= 4 is 47.9 Å². The average molecular weight is 251 g/mol. The van der Waals surface area contributed by atoms with E-state index in [9.17, 15) is 4.79 Å². The van der Waals surface area contributed by atoms with Crippen molar-refractivity contribution in [3.05, 3.63) is 23.3 Å². The molecule has 0 radical (unpaired) electrons. The largest absolute Gasteiger partial charge is 0.778 e. The van der Waals surface area contributed by atoms with Gasteiger partial charge in [-0.05, 0) is 6.08 Å². The minimum atomic E-state index is -0.461. The summed E-state index contributed by atoms with van der Waals surface area (Å²) in [4.78, 5) is 12.6. The minimum absolute atomic E-state index is 0.131. The highest BCUT2D eigenvalue weighted by Gasteiger charge is 2.23. The third-order valence-electron chi connectivity index (χ3n) is 2.32. The highest BCUT2D eigenvalue weighted by Crippen LogP contribution is 2.34. The van der Waals surface area contributed by atoms with Crippen molar-refractivity contribution in [2.24, 2.45) is 0 Å². The Labute approximate surface area is 102 Å². The Kier molecular flexibility index (Phi) is 2.71. The molecule has 4 N–H and O–H groups in total. The first kappa shape index (κ1) is 11.1. The van der Waals surface area contributed by atoms with E-state index in [1.54, 1.807) is 12.1 Å². The number of hydrogen-bond acceptors (Lipinski definition) is 6. The zero-order valence-corrected chi connectivity index (χ0v) is 9.61. The molecule has 0 spiro atoms. The van der Waals surface area contributed by atoms with Crippen LogP contribution in [0.15, 0.2) is 21.9 Å². The molecule has 0 heterocycles. The minimum Gasteiger partial charge on any atom is -0.778 e. The van der Waals surface area contributed by atoms with E-state index in [0.29, 0.717) is 27.4 Å². The summed E-state index contributed by atoms with van der Waals surface area (Å²) in [5.74, 6) is -0.461. The predicted molar refractivity (Wildman–Crippen MR) is 66.1 cm³/mol. The molecule has 0 bridgehead atoms. The van der Waals surface area contributed by atoms with E-state index >= 15 is 0 Å². The van der Waals surface area contributed by atoms with E-state index in [1.807, 2.05) is 0 Å². The first-order valence-corrected chi connectivity index (χ1v) is 5.50. The summed E-state index contributed by atoms with van der Waals surface area (Å²) < 4.78 is 9.09. The lowest BCUT2D eigenvalue weighted by molar-refractivity contribution is 0.106. The Bertz CT molecular complexity index is 538. The van der Waals surface area contributed by atoms with Gasteiger partial charge in [0.05, 0.1) is 5.56 Å². The summed E-state index contributed by atoms with van der Waals surface area (Å²) in [6.45, 7) is 0. The van der Waals surface area contributed by atoms with Gasteiger partial charge in [-0.2, -0.15) is 4.90 Å². The first-order chi connectivity index (χ1) is 7.56. The number of carbonyl (C=O) groups is 1. The van der Waals surface area contributed by atoms with Crippen LogP contribution in [0.2, 0.25) is 0 Å². The van der Waals surface area contributed by atoms with Crippen LogP contribution in [-0.2, 0) is 12.6 Å². The van der Waals surface area contributed by atoms with Gasteiger partial charge < -0.3 is 22.9 Å². The van der Waals surface area contributed by atoms with Crippen LogP contribution in [0.4, 0.5) is 5.69 Å². The van der Waals surface area contributed by atoms with E-state index in [0.717, 1.165) is 0 Å². The molecule has 0 aromatic heterocycles. The van der Waals surface area contributed by atoms with Crippen molar-refractivity contribution < 1.29 is 9.35 Å². The van der Waals surface area contributed by atoms with E-state index < -0.39 is 5.78 Å². The van der Waals surface area contributed by atoms with Crippen molar-refractivity contribution in [2.75, 3.05) is 5.73 Å². The highest BCUT2D eigenvalue weighted by molar-refractivity contribution is 7.93. The van der Waals surface area contributed by atoms with Crippen LogP contribution in [-0.4, -0.2) is 16.0 Å². The fourth-order valence-electron chi connectivity index (χ4n) is 1.53. The van der Waals surface area contributed by atoms with Crippen LogP contribution in [0.5, 0.6) is 0 Å². The van der Waals surface area contributed by atoms with E-state index in [2.05, 4.69) is 0 Å². The average Bonchev–Trinajstić information content (AvgIpc) is 2.27. The van der Waals surface area contributed by atoms with Crippen LogP contribution < -0.4 is 5.73 Å². The number of fused-ring (bicyclic) bond motifs is 1. The molecule has 1 aliphatic carbocycles. The SMILES string of the molecule is N=C1C=Cc2c(SO)cc([S-])c(N)c2C1=O. The molecule has 0 atom stereocenters. The Balaban J connectivity index is 2.81. The molecule has 2 rings (SSSR count). The lowest BCUT2D eigenvalue weighted by Gasteiger charge is -2.21. The topological polar surface area (TPSA) is 87.2 Å². The third kappa shape index (κ3) is 1.51. The number of nitrogens with two attached hydrogens (primary N) is 1. The summed E-state index contributed by atoms with van der Waals surface area (Å²) >= 11 is 5.50. The Hall–Kier alpha value is -1.37. The molecule has 0 amide bonds. The van der Waals surface area contributed by atoms with Crippen LogP contribution in [0.1, 0.15) is 15.9 Å². The van der Waals surface area contributed by atoms with Crippen molar-refractivity contribution in [2.45, 2.75) is 9.79 Å². The number of allylic oxidation sites excluding steroid dienone is 1. The van der Waals surface area contributed by atoms with Crippen LogP contribution >= 0.6 is 12.0 Å². The summed E-state index contributed by atoms with van der Waals surface area (Å²) in [6, 6.07) is 1.54. The standard InChI is InChI=1S/C10H8N2O2S2/c11-5-2-1-4-7(16-14)3-6(15)9(12)8(4)10(5)13/h1-3,11,14-15H,12H2/p-1. The number of nitrogen functional groups attached to an aromatic ring is 1. The predicted octanol–water partition coefficient (Wildman–Crippen LogP) is 1.97. The quantitative estimate of drug-likeness (QED) is 0.403. The summed E-state index contributed by atoms with van der Waals surface area (Å²) in [5, 5.41) is 7.42. The number of ketones is 1. The van der Waals surface area contributed by atoms with Crippen molar-refractivity contribution in [1.29, 1.82) is 5.41 Å². The molecule has 82 valence electrons. The molecule has 0 fully saturated rings. The lowest BCUT2D eigenvalue weighted by Crippen LogP contribution is -2.18. The molecule has 1 aliphatic rings. The molecule has 1 aromatic rings. The van der Waals surface area contributed by atoms with Gasteiger partial charge in [0.1, 0.15) is 5.71 Å². The summed E-state index contributed by atoms with van der Waals surface area (Å²) in [6.07, 6.45) is 2.97. The molecular formula is C10H7N2O2S2-. The molecule has 1 aromatic carbocycles. The molecule has 0 aliphatic heterocycles. The summed E-state index contributed by atoms with van der Waals surface area (Å²) in [7, 11) is 0. The molecule has 4 nitrogen and oxygen atoms in total. The first-order valence-electron chi connectivity index (χ1n) is 4.32. The van der Waals surface area contributed by atoms with E-state index in [1.165, 1.54) is 6.08 Å². The van der Waals surface area contributed by atoms with Crippen molar-refractivity contribution in [3.63, 3.8) is 0 Å². The molecule has 0 saturated heterocycles. The van der Waals surface area contributed by atoms with Crippen LogP contribution in [0, 0.1) is 5.41 Å². The van der Waals surface area contributed by atoms with Gasteiger partial charge in [0.15, 0.2) is 0 Å². The van der Waals surface area contributed by atoms with Crippen LogP contribution in [0.3, 0.4) is 0 Å². The van der Waals surface area contributed by atoms with Gasteiger partial charge >= 0.3 is 0 Å². The number of anilines is 1.